The van der Waals surface area contributed by atoms with E-state index in [1.807, 2.05) is 26.0 Å². The van der Waals surface area contributed by atoms with Crippen LogP contribution in [0.25, 0.3) is 11.0 Å². The molecular weight excluding hydrogens is 302 g/mol. The van der Waals surface area contributed by atoms with Gasteiger partial charge < -0.3 is 9.73 Å². The summed E-state index contributed by atoms with van der Waals surface area (Å²) in [5.41, 5.74) is 3.24. The van der Waals surface area contributed by atoms with E-state index in [0.29, 0.717) is 18.5 Å². The van der Waals surface area contributed by atoms with Crippen LogP contribution in [0.2, 0.25) is 0 Å². The Bertz CT molecular complexity index is 883. The molecule has 0 aliphatic carbocycles. The second kappa shape index (κ2) is 5.52. The second-order valence-electron chi connectivity index (χ2n) is 6.00. The van der Waals surface area contributed by atoms with Gasteiger partial charge in [0.25, 0.3) is 0 Å². The molecule has 3 rings (SSSR count). The van der Waals surface area contributed by atoms with Crippen LogP contribution in [0, 0.1) is 13.8 Å². The molecule has 22 heavy (non-hydrogen) atoms. The van der Waals surface area contributed by atoms with E-state index in [1.54, 1.807) is 0 Å². The zero-order chi connectivity index (χ0) is 15.9. The van der Waals surface area contributed by atoms with Gasteiger partial charge in [0.2, 0.25) is 0 Å². The molecule has 6 heteroatoms. The van der Waals surface area contributed by atoms with Gasteiger partial charge in [0.15, 0.2) is 9.84 Å². The van der Waals surface area contributed by atoms with Crippen molar-refractivity contribution >= 4 is 20.8 Å². The van der Waals surface area contributed by atoms with Crippen LogP contribution in [0.1, 0.15) is 23.1 Å². The molecule has 2 aromatic rings. The minimum atomic E-state index is -2.91. The van der Waals surface area contributed by atoms with Gasteiger partial charge in [-0.15, -0.1) is 0 Å². The summed E-state index contributed by atoms with van der Waals surface area (Å²) in [6, 6.07) is 5.32. The third-order valence-corrected chi connectivity index (χ3v) is 6.03. The van der Waals surface area contributed by atoms with Gasteiger partial charge in [-0.05, 0) is 49.1 Å². The van der Waals surface area contributed by atoms with Crippen molar-refractivity contribution in [2.45, 2.75) is 32.9 Å². The van der Waals surface area contributed by atoms with Crippen LogP contribution in [0.15, 0.2) is 27.4 Å². The summed E-state index contributed by atoms with van der Waals surface area (Å²) in [4.78, 5) is 11.7. The van der Waals surface area contributed by atoms with Crippen LogP contribution in [0.3, 0.4) is 0 Å². The molecule has 1 aromatic heterocycles. The van der Waals surface area contributed by atoms with E-state index in [1.165, 1.54) is 6.07 Å². The molecule has 1 aliphatic heterocycles. The van der Waals surface area contributed by atoms with Crippen LogP contribution < -0.4 is 10.9 Å². The van der Waals surface area contributed by atoms with E-state index < -0.39 is 9.84 Å². The standard InChI is InChI=1S/C16H19NO4S/c1-10-5-14-12(7-16(18)21-15(14)6-11(10)2)8-17-13-3-4-22(19,20)9-13/h5-7,13,17H,3-4,8-9H2,1-2H3/t13-/m1/s1. The van der Waals surface area contributed by atoms with E-state index >= 15 is 0 Å². The molecule has 0 amide bonds. The molecule has 5 nitrogen and oxygen atoms in total. The van der Waals surface area contributed by atoms with Gasteiger partial charge in [0.1, 0.15) is 5.58 Å². The van der Waals surface area contributed by atoms with Crippen LogP contribution in [0.5, 0.6) is 0 Å². The van der Waals surface area contributed by atoms with E-state index in [4.69, 9.17) is 4.42 Å². The molecule has 1 atom stereocenters. The first-order valence-electron chi connectivity index (χ1n) is 7.32. The maximum absolute atomic E-state index is 11.7. The highest BCUT2D eigenvalue weighted by Gasteiger charge is 2.27. The van der Waals surface area contributed by atoms with Crippen LogP contribution in [-0.2, 0) is 16.4 Å². The van der Waals surface area contributed by atoms with Gasteiger partial charge in [-0.25, -0.2) is 13.2 Å². The van der Waals surface area contributed by atoms with Crippen molar-refractivity contribution in [3.8, 4) is 0 Å². The molecule has 1 saturated heterocycles. The average Bonchev–Trinajstić information content (AvgIpc) is 2.77. The van der Waals surface area contributed by atoms with Crippen molar-refractivity contribution in [1.82, 2.24) is 5.32 Å². The number of rotatable bonds is 3. The van der Waals surface area contributed by atoms with Gasteiger partial charge in [-0.2, -0.15) is 0 Å². The predicted molar refractivity (Wildman–Crippen MR) is 85.9 cm³/mol. The van der Waals surface area contributed by atoms with Crippen molar-refractivity contribution in [2.75, 3.05) is 11.5 Å². The van der Waals surface area contributed by atoms with Crippen molar-refractivity contribution in [1.29, 1.82) is 0 Å². The zero-order valence-electron chi connectivity index (χ0n) is 12.7. The van der Waals surface area contributed by atoms with E-state index in [-0.39, 0.29) is 23.2 Å². The summed E-state index contributed by atoms with van der Waals surface area (Å²) < 4.78 is 28.3. The minimum absolute atomic E-state index is 0.0427. The van der Waals surface area contributed by atoms with Gasteiger partial charge >= 0.3 is 5.63 Å². The molecule has 1 aliphatic rings. The topological polar surface area (TPSA) is 76.4 Å². The monoisotopic (exact) mass is 321 g/mol. The van der Waals surface area contributed by atoms with Crippen molar-refractivity contribution in [3.05, 3.63) is 45.3 Å². The molecule has 118 valence electrons. The normalized spacial score (nSPS) is 20.5. The largest absolute Gasteiger partial charge is 0.423 e. The summed E-state index contributed by atoms with van der Waals surface area (Å²) in [5.74, 6) is 0.408. The van der Waals surface area contributed by atoms with E-state index in [9.17, 15) is 13.2 Å². The molecule has 0 saturated carbocycles. The second-order valence-corrected chi connectivity index (χ2v) is 8.23. The summed E-state index contributed by atoms with van der Waals surface area (Å²) in [7, 11) is -2.91. The van der Waals surface area contributed by atoms with Crippen LogP contribution in [-0.4, -0.2) is 26.0 Å². The fourth-order valence-electron chi connectivity index (χ4n) is 2.84. The molecule has 1 fully saturated rings. The number of aryl methyl sites for hydroxylation is 2. The number of nitrogens with one attached hydrogen (secondary N) is 1. The Hall–Kier alpha value is -1.66. The van der Waals surface area contributed by atoms with Crippen LogP contribution in [0.4, 0.5) is 0 Å². The number of sulfone groups is 1. The number of benzene rings is 1. The van der Waals surface area contributed by atoms with Crippen molar-refractivity contribution in [3.63, 3.8) is 0 Å². The highest BCUT2D eigenvalue weighted by molar-refractivity contribution is 7.91. The third kappa shape index (κ3) is 3.08. The molecule has 0 spiro atoms. The first-order chi connectivity index (χ1) is 10.3. The number of hydrogen-bond donors (Lipinski definition) is 1. The first kappa shape index (κ1) is 15.2. The zero-order valence-corrected chi connectivity index (χ0v) is 13.5. The summed E-state index contributed by atoms with van der Waals surface area (Å²) >= 11 is 0. The summed E-state index contributed by atoms with van der Waals surface area (Å²) in [6.07, 6.45) is 0.625. The highest BCUT2D eigenvalue weighted by Crippen LogP contribution is 2.22. The highest BCUT2D eigenvalue weighted by atomic mass is 32.2. The van der Waals surface area contributed by atoms with Crippen molar-refractivity contribution in [2.24, 2.45) is 0 Å². The van der Waals surface area contributed by atoms with Gasteiger partial charge in [0.05, 0.1) is 11.5 Å². The minimum Gasteiger partial charge on any atom is -0.423 e. The fraction of sp³-hybridized carbons (Fsp3) is 0.438. The first-order valence-corrected chi connectivity index (χ1v) is 9.14. The Balaban J connectivity index is 1.90. The Morgan fingerprint density at radius 2 is 1.95 bits per heavy atom. The Morgan fingerprint density at radius 3 is 2.64 bits per heavy atom. The predicted octanol–water partition coefficient (Wildman–Crippen LogP) is 1.69. The van der Waals surface area contributed by atoms with E-state index in [0.717, 1.165) is 22.1 Å². The summed E-state index contributed by atoms with van der Waals surface area (Å²) in [6.45, 7) is 4.45. The fourth-order valence-corrected chi connectivity index (χ4v) is 4.55. The Labute approximate surface area is 129 Å². The molecule has 0 bridgehead atoms. The lowest BCUT2D eigenvalue weighted by Gasteiger charge is -2.12. The van der Waals surface area contributed by atoms with Gasteiger partial charge in [-0.3, -0.25) is 0 Å². The lowest BCUT2D eigenvalue weighted by molar-refractivity contribution is 0.540. The van der Waals surface area contributed by atoms with Crippen molar-refractivity contribution < 1.29 is 12.8 Å². The smallest absolute Gasteiger partial charge is 0.336 e. The molecule has 0 radical (unpaired) electrons. The number of fused-ring (bicyclic) bond motifs is 1. The molecule has 1 N–H and O–H groups in total. The molecule has 1 aromatic carbocycles. The summed E-state index contributed by atoms with van der Waals surface area (Å²) in [5, 5.41) is 4.15. The molecule has 2 heterocycles. The van der Waals surface area contributed by atoms with Crippen LogP contribution >= 0.6 is 0 Å². The Kier molecular flexibility index (Phi) is 3.82. The average molecular weight is 321 g/mol. The third-order valence-electron chi connectivity index (χ3n) is 4.26. The lowest BCUT2D eigenvalue weighted by atomic mass is 10.0. The lowest BCUT2D eigenvalue weighted by Crippen LogP contribution is -2.29. The molecule has 0 unspecified atom stereocenters. The van der Waals surface area contributed by atoms with Gasteiger partial charge in [-0.1, -0.05) is 0 Å². The number of hydrogen-bond acceptors (Lipinski definition) is 5. The van der Waals surface area contributed by atoms with Gasteiger partial charge in [0, 0.05) is 24.0 Å². The Morgan fingerprint density at radius 1 is 1.23 bits per heavy atom. The molecular formula is C16H19NO4S. The quantitative estimate of drug-likeness (QED) is 0.871. The maximum atomic E-state index is 11.7. The maximum Gasteiger partial charge on any atom is 0.336 e. The van der Waals surface area contributed by atoms with E-state index in [2.05, 4.69) is 5.32 Å². The SMILES string of the molecule is Cc1cc2oc(=O)cc(CN[C@@H]3CCS(=O)(=O)C3)c2cc1C.